The summed E-state index contributed by atoms with van der Waals surface area (Å²) in [5, 5.41) is 0. The van der Waals surface area contributed by atoms with Crippen molar-refractivity contribution in [3.05, 3.63) is 24.3 Å². The molecule has 0 N–H and O–H groups in total. The Kier molecular flexibility index (Phi) is 6.56. The first kappa shape index (κ1) is 18.1. The zero-order valence-electron chi connectivity index (χ0n) is 15.1. The number of piperidine rings is 1. The van der Waals surface area contributed by atoms with Gasteiger partial charge in [0.05, 0.1) is 12.7 Å². The fourth-order valence-electron chi connectivity index (χ4n) is 3.54. The molecule has 2 saturated heterocycles. The maximum atomic E-state index is 12.4. The summed E-state index contributed by atoms with van der Waals surface area (Å²) >= 11 is 0. The summed E-state index contributed by atoms with van der Waals surface area (Å²) in [5.41, 5.74) is 0. The first-order valence-corrected chi connectivity index (χ1v) is 9.54. The minimum absolute atomic E-state index is 0.142. The number of likely N-dealkylation sites (tertiary alicyclic amines) is 1. The Bertz CT molecular complexity index is 548. The number of nitrogens with zero attached hydrogens (tertiary/aromatic N) is 1. The number of hydrogen-bond acceptors (Lipinski definition) is 4. The first-order valence-electron chi connectivity index (χ1n) is 9.54. The third-order valence-corrected chi connectivity index (χ3v) is 4.94. The lowest BCUT2D eigenvalue weighted by Gasteiger charge is -2.32. The van der Waals surface area contributed by atoms with Crippen LogP contribution in [-0.2, 0) is 9.53 Å². The van der Waals surface area contributed by atoms with Crippen molar-refractivity contribution in [1.82, 2.24) is 4.90 Å². The van der Waals surface area contributed by atoms with Crippen LogP contribution in [0.4, 0.5) is 0 Å². The normalized spacial score (nSPS) is 21.3. The summed E-state index contributed by atoms with van der Waals surface area (Å²) in [6.45, 7) is 4.98. The van der Waals surface area contributed by atoms with Crippen LogP contribution < -0.4 is 9.47 Å². The average molecular weight is 347 g/mol. The molecule has 0 aromatic heterocycles. The van der Waals surface area contributed by atoms with E-state index in [2.05, 4.69) is 0 Å². The van der Waals surface area contributed by atoms with Crippen molar-refractivity contribution < 1.29 is 19.0 Å². The second kappa shape index (κ2) is 9.09. The van der Waals surface area contributed by atoms with Crippen LogP contribution in [0.1, 0.15) is 45.4 Å². The highest BCUT2D eigenvalue weighted by atomic mass is 16.5. The average Bonchev–Trinajstić information content (AvgIpc) is 3.16. The van der Waals surface area contributed by atoms with Gasteiger partial charge in [0.2, 0.25) is 5.91 Å². The molecule has 2 fully saturated rings. The van der Waals surface area contributed by atoms with Crippen molar-refractivity contribution in [2.24, 2.45) is 0 Å². The maximum absolute atomic E-state index is 12.4. The molecular weight excluding hydrogens is 318 g/mol. The lowest BCUT2D eigenvalue weighted by Crippen LogP contribution is -2.42. The molecule has 3 rings (SSSR count). The van der Waals surface area contributed by atoms with E-state index in [9.17, 15) is 4.79 Å². The molecular formula is C20H29NO4. The van der Waals surface area contributed by atoms with Crippen LogP contribution in [-0.4, -0.2) is 49.3 Å². The summed E-state index contributed by atoms with van der Waals surface area (Å²) in [7, 11) is 0. The van der Waals surface area contributed by atoms with Gasteiger partial charge in [-0.25, -0.2) is 0 Å². The van der Waals surface area contributed by atoms with E-state index in [0.29, 0.717) is 19.1 Å². The van der Waals surface area contributed by atoms with E-state index in [1.807, 2.05) is 36.1 Å². The van der Waals surface area contributed by atoms with Gasteiger partial charge in [0.25, 0.3) is 0 Å². The molecule has 0 saturated carbocycles. The molecule has 2 heterocycles. The van der Waals surface area contributed by atoms with Gasteiger partial charge in [0, 0.05) is 39.0 Å². The monoisotopic (exact) mass is 347 g/mol. The highest BCUT2D eigenvalue weighted by molar-refractivity contribution is 5.76. The Balaban J connectivity index is 1.43. The van der Waals surface area contributed by atoms with Crippen LogP contribution in [0.25, 0.3) is 0 Å². The molecule has 0 aliphatic carbocycles. The Morgan fingerprint density at radius 2 is 1.96 bits per heavy atom. The van der Waals surface area contributed by atoms with Crippen LogP contribution in [0, 0.1) is 0 Å². The fourth-order valence-corrected chi connectivity index (χ4v) is 3.54. The summed E-state index contributed by atoms with van der Waals surface area (Å²) in [5.74, 6) is 1.84. The predicted octanol–water partition coefficient (Wildman–Crippen LogP) is 3.41. The molecule has 25 heavy (non-hydrogen) atoms. The summed E-state index contributed by atoms with van der Waals surface area (Å²) in [4.78, 5) is 14.3. The topological polar surface area (TPSA) is 48.0 Å². The molecule has 2 aliphatic rings. The Morgan fingerprint density at radius 3 is 2.64 bits per heavy atom. The molecule has 0 spiro atoms. The van der Waals surface area contributed by atoms with Gasteiger partial charge in [-0.1, -0.05) is 12.1 Å². The van der Waals surface area contributed by atoms with Gasteiger partial charge in [0.15, 0.2) is 11.5 Å². The minimum Gasteiger partial charge on any atom is -0.490 e. The van der Waals surface area contributed by atoms with Crippen LogP contribution in [0.3, 0.4) is 0 Å². The summed E-state index contributed by atoms with van der Waals surface area (Å²) in [6, 6.07) is 7.79. The number of carbonyl (C=O) groups is 1. The number of benzene rings is 1. The van der Waals surface area contributed by atoms with E-state index >= 15 is 0 Å². The molecule has 2 aliphatic heterocycles. The van der Waals surface area contributed by atoms with Gasteiger partial charge in [-0.15, -0.1) is 0 Å². The van der Waals surface area contributed by atoms with E-state index in [4.69, 9.17) is 14.2 Å². The Labute approximate surface area is 150 Å². The van der Waals surface area contributed by atoms with Crippen LogP contribution >= 0.6 is 0 Å². The third kappa shape index (κ3) is 5.11. The Hall–Kier alpha value is -1.75. The quantitative estimate of drug-likeness (QED) is 0.758. The third-order valence-electron chi connectivity index (χ3n) is 4.94. The summed E-state index contributed by atoms with van der Waals surface area (Å²) in [6.07, 6.45) is 5.86. The highest BCUT2D eigenvalue weighted by Gasteiger charge is 2.25. The van der Waals surface area contributed by atoms with Crippen LogP contribution in [0.5, 0.6) is 11.5 Å². The van der Waals surface area contributed by atoms with Gasteiger partial charge >= 0.3 is 0 Å². The molecule has 138 valence electrons. The van der Waals surface area contributed by atoms with Crippen molar-refractivity contribution in [2.75, 3.05) is 26.3 Å². The number of rotatable bonds is 7. The fraction of sp³-hybridized carbons (Fsp3) is 0.650. The number of carbonyl (C=O) groups excluding carboxylic acids is 1. The van der Waals surface area contributed by atoms with Crippen LogP contribution in [0.15, 0.2) is 24.3 Å². The first-order chi connectivity index (χ1) is 12.3. The molecule has 5 heteroatoms. The molecule has 5 nitrogen and oxygen atoms in total. The minimum atomic E-state index is 0.142. The van der Waals surface area contributed by atoms with Crippen molar-refractivity contribution >= 4 is 5.91 Å². The maximum Gasteiger partial charge on any atom is 0.222 e. The standard InChI is InChI=1S/C20H29NO4/c1-2-23-18-7-3-4-8-19(18)25-17-11-13-21(14-12-17)20(22)10-9-16-6-5-15-24-16/h3-4,7-8,16-17H,2,5-6,9-15H2,1H3/t16-/m1/s1. The zero-order chi connectivity index (χ0) is 17.5. The highest BCUT2D eigenvalue weighted by Crippen LogP contribution is 2.29. The van der Waals surface area contributed by atoms with Crippen molar-refractivity contribution in [2.45, 2.75) is 57.7 Å². The molecule has 0 radical (unpaired) electrons. The number of para-hydroxylation sites is 2. The lowest BCUT2D eigenvalue weighted by atomic mass is 10.1. The number of ether oxygens (including phenoxy) is 3. The molecule has 0 unspecified atom stereocenters. The Morgan fingerprint density at radius 1 is 1.20 bits per heavy atom. The van der Waals surface area contributed by atoms with E-state index in [-0.39, 0.29) is 12.0 Å². The molecule has 1 amide bonds. The summed E-state index contributed by atoms with van der Waals surface area (Å²) < 4.78 is 17.3. The molecule has 1 aromatic rings. The van der Waals surface area contributed by atoms with Gasteiger partial charge in [-0.05, 0) is 38.3 Å². The smallest absolute Gasteiger partial charge is 0.222 e. The van der Waals surface area contributed by atoms with E-state index in [1.54, 1.807) is 0 Å². The van der Waals surface area contributed by atoms with E-state index in [1.165, 1.54) is 0 Å². The lowest BCUT2D eigenvalue weighted by molar-refractivity contribution is -0.133. The van der Waals surface area contributed by atoms with E-state index < -0.39 is 0 Å². The molecule has 1 aromatic carbocycles. The van der Waals surface area contributed by atoms with Gasteiger partial charge < -0.3 is 19.1 Å². The van der Waals surface area contributed by atoms with Crippen molar-refractivity contribution in [3.8, 4) is 11.5 Å². The van der Waals surface area contributed by atoms with Crippen LogP contribution in [0.2, 0.25) is 0 Å². The second-order valence-corrected chi connectivity index (χ2v) is 6.75. The number of amides is 1. The van der Waals surface area contributed by atoms with Gasteiger partial charge in [-0.3, -0.25) is 4.79 Å². The SMILES string of the molecule is CCOc1ccccc1OC1CCN(C(=O)CC[C@H]2CCCO2)CC1. The van der Waals surface area contributed by atoms with Crippen molar-refractivity contribution in [3.63, 3.8) is 0 Å². The van der Waals surface area contributed by atoms with E-state index in [0.717, 1.165) is 63.3 Å². The largest absolute Gasteiger partial charge is 0.490 e. The van der Waals surface area contributed by atoms with Crippen molar-refractivity contribution in [1.29, 1.82) is 0 Å². The van der Waals surface area contributed by atoms with Gasteiger partial charge in [0.1, 0.15) is 6.10 Å². The molecule has 0 bridgehead atoms. The zero-order valence-corrected chi connectivity index (χ0v) is 15.1. The molecule has 1 atom stereocenters. The predicted molar refractivity (Wildman–Crippen MR) is 96.0 cm³/mol. The van der Waals surface area contributed by atoms with Gasteiger partial charge in [-0.2, -0.15) is 0 Å². The number of hydrogen-bond donors (Lipinski definition) is 0. The second-order valence-electron chi connectivity index (χ2n) is 6.75.